The van der Waals surface area contributed by atoms with Crippen LogP contribution in [0.2, 0.25) is 0 Å². The Morgan fingerprint density at radius 3 is 1.33 bits per heavy atom. The largest absolute Gasteiger partial charge is 0.233 e. The van der Waals surface area contributed by atoms with Crippen LogP contribution in [0.3, 0.4) is 0 Å². The molecule has 0 saturated carbocycles. The number of hydrogen-bond donors (Lipinski definition) is 0. The molecule has 0 atom stereocenters. The number of aryl methyl sites for hydroxylation is 2. The molecule has 0 radical (unpaired) electrons. The smallest absolute Gasteiger partial charge is 0.164 e. The molecular weight excluding hydrogens is 807 g/mol. The fraction of sp³-hybridized carbons (Fsp3) is 0.0339. The van der Waals surface area contributed by atoms with Gasteiger partial charge in [0.2, 0.25) is 0 Å². The van der Waals surface area contributed by atoms with Gasteiger partial charge in [-0.3, -0.25) is 0 Å². The number of aromatic nitrogens is 7. The molecule has 0 amide bonds. The van der Waals surface area contributed by atoms with Crippen LogP contribution in [0.5, 0.6) is 0 Å². The lowest BCUT2D eigenvalue weighted by Gasteiger charge is -2.16. The Morgan fingerprint density at radius 1 is 0.227 bits per heavy atom. The summed E-state index contributed by atoms with van der Waals surface area (Å²) in [5.74, 6) is 3.13. The number of nitrogens with zero attached hydrogens (tertiary/aromatic N) is 7. The van der Waals surface area contributed by atoms with Crippen LogP contribution in [0.15, 0.2) is 212 Å². The summed E-state index contributed by atoms with van der Waals surface area (Å²) in [6, 6.07) is 72.8. The van der Waals surface area contributed by atoms with Crippen molar-refractivity contribution in [1.29, 1.82) is 0 Å². The summed E-state index contributed by atoms with van der Waals surface area (Å²) in [5.41, 5.74) is 14.0. The molecule has 0 spiro atoms. The van der Waals surface area contributed by atoms with E-state index in [9.17, 15) is 0 Å². The molecule has 0 unspecified atom stereocenters. The van der Waals surface area contributed by atoms with Crippen LogP contribution in [-0.4, -0.2) is 34.9 Å². The van der Waals surface area contributed by atoms with E-state index in [2.05, 4.69) is 127 Å². The van der Waals surface area contributed by atoms with Crippen LogP contribution in [-0.2, 0) is 0 Å². The first-order valence-corrected chi connectivity index (χ1v) is 22.0. The first-order chi connectivity index (χ1) is 32.5. The Bertz CT molecular complexity index is 3480. The molecule has 3 aromatic heterocycles. The summed E-state index contributed by atoms with van der Waals surface area (Å²) in [7, 11) is 0. The maximum Gasteiger partial charge on any atom is 0.164 e. The van der Waals surface area contributed by atoms with Gasteiger partial charge in [0.1, 0.15) is 0 Å². The Balaban J connectivity index is 1.08. The third-order valence-electron chi connectivity index (χ3n) is 11.6. The third-order valence-corrected chi connectivity index (χ3v) is 11.6. The maximum atomic E-state index is 5.28. The highest BCUT2D eigenvalue weighted by Crippen LogP contribution is 2.39. The Labute approximate surface area is 383 Å². The number of fused-ring (bicyclic) bond motifs is 1. The Hall–Kier alpha value is -8.81. The standard InChI is InChI=1S/C59H41N7/c1-38-31-39(2)61-59(60-38)50-35-48(45-25-16-26-47(33-45)58-65-56(42-20-8-4-9-21-42)64-57(66-58)43-22-10-5-11-23-43)34-49(36-50)51-27-14-15-28-52(51)54-37-53(62-55(63-54)41-18-6-3-7-19-41)46-30-29-40-17-12-13-24-44(40)32-46/h3-37H,1-2H3. The molecule has 3 heterocycles. The van der Waals surface area contributed by atoms with Crippen LogP contribution < -0.4 is 0 Å². The van der Waals surface area contributed by atoms with Gasteiger partial charge in [-0.1, -0.05) is 170 Å². The average molecular weight is 848 g/mol. The maximum absolute atomic E-state index is 5.28. The van der Waals surface area contributed by atoms with Gasteiger partial charge < -0.3 is 0 Å². The first kappa shape index (κ1) is 40.0. The third kappa shape index (κ3) is 8.25. The zero-order chi connectivity index (χ0) is 44.4. The molecule has 7 nitrogen and oxygen atoms in total. The lowest BCUT2D eigenvalue weighted by Crippen LogP contribution is -2.00. The van der Waals surface area contributed by atoms with E-state index in [1.54, 1.807) is 0 Å². The van der Waals surface area contributed by atoms with Crippen molar-refractivity contribution in [2.24, 2.45) is 0 Å². The molecular formula is C59H41N7. The van der Waals surface area contributed by atoms with E-state index in [-0.39, 0.29) is 0 Å². The van der Waals surface area contributed by atoms with E-state index >= 15 is 0 Å². The molecule has 7 heteroatoms. The van der Waals surface area contributed by atoms with E-state index in [0.717, 1.165) is 89.4 Å². The molecule has 0 aliphatic carbocycles. The monoisotopic (exact) mass is 847 g/mol. The van der Waals surface area contributed by atoms with E-state index in [4.69, 9.17) is 34.9 Å². The molecule has 0 fully saturated rings. The van der Waals surface area contributed by atoms with Gasteiger partial charge in [-0.15, -0.1) is 0 Å². The van der Waals surface area contributed by atoms with E-state index in [1.165, 1.54) is 5.39 Å². The SMILES string of the molecule is Cc1cc(C)nc(-c2cc(-c3cccc(-c4nc(-c5ccccc5)nc(-c5ccccc5)n4)c3)cc(-c3ccccc3-c3cc(-c4ccc5ccccc5c4)nc(-c4ccccc4)n3)c2)n1. The van der Waals surface area contributed by atoms with Crippen LogP contribution >= 0.6 is 0 Å². The van der Waals surface area contributed by atoms with Crippen molar-refractivity contribution in [1.82, 2.24) is 34.9 Å². The molecule has 0 N–H and O–H groups in total. The van der Waals surface area contributed by atoms with Crippen molar-refractivity contribution in [3.63, 3.8) is 0 Å². The zero-order valence-corrected chi connectivity index (χ0v) is 36.3. The molecule has 8 aromatic carbocycles. The molecule has 11 rings (SSSR count). The van der Waals surface area contributed by atoms with Crippen LogP contribution in [0, 0.1) is 13.8 Å². The number of benzene rings is 8. The van der Waals surface area contributed by atoms with Gasteiger partial charge in [-0.25, -0.2) is 34.9 Å². The summed E-state index contributed by atoms with van der Waals surface area (Å²) in [5, 5.41) is 2.34. The second-order valence-corrected chi connectivity index (χ2v) is 16.3. The van der Waals surface area contributed by atoms with Crippen LogP contribution in [0.25, 0.3) is 112 Å². The van der Waals surface area contributed by atoms with E-state index < -0.39 is 0 Å². The molecule has 66 heavy (non-hydrogen) atoms. The fourth-order valence-corrected chi connectivity index (χ4v) is 8.47. The minimum absolute atomic E-state index is 0.587. The van der Waals surface area contributed by atoms with Gasteiger partial charge in [-0.2, -0.15) is 0 Å². The second kappa shape index (κ2) is 17.4. The van der Waals surface area contributed by atoms with Gasteiger partial charge in [-0.05, 0) is 89.3 Å². The highest BCUT2D eigenvalue weighted by Gasteiger charge is 2.18. The van der Waals surface area contributed by atoms with Crippen molar-refractivity contribution < 1.29 is 0 Å². The van der Waals surface area contributed by atoms with Gasteiger partial charge in [0, 0.05) is 50.3 Å². The molecule has 312 valence electrons. The predicted molar refractivity (Wildman–Crippen MR) is 267 cm³/mol. The Kier molecular flexibility index (Phi) is 10.5. The first-order valence-electron chi connectivity index (χ1n) is 22.0. The van der Waals surface area contributed by atoms with Crippen molar-refractivity contribution >= 4 is 10.8 Å². The van der Waals surface area contributed by atoms with Crippen molar-refractivity contribution in [2.75, 3.05) is 0 Å². The number of hydrogen-bond acceptors (Lipinski definition) is 7. The van der Waals surface area contributed by atoms with E-state index in [0.29, 0.717) is 29.1 Å². The summed E-state index contributed by atoms with van der Waals surface area (Å²) in [6.45, 7) is 4.02. The minimum Gasteiger partial charge on any atom is -0.233 e. The molecule has 0 aliphatic rings. The lowest BCUT2D eigenvalue weighted by molar-refractivity contribution is 1.06. The van der Waals surface area contributed by atoms with Gasteiger partial charge in [0.25, 0.3) is 0 Å². The highest BCUT2D eigenvalue weighted by atomic mass is 15.0. The fourth-order valence-electron chi connectivity index (χ4n) is 8.47. The quantitative estimate of drug-likeness (QED) is 0.143. The zero-order valence-electron chi connectivity index (χ0n) is 36.3. The molecule has 0 aliphatic heterocycles. The lowest BCUT2D eigenvalue weighted by atomic mass is 9.91. The topological polar surface area (TPSA) is 90.2 Å². The normalized spacial score (nSPS) is 11.2. The summed E-state index contributed by atoms with van der Waals surface area (Å²) in [6.07, 6.45) is 0. The number of rotatable bonds is 9. The van der Waals surface area contributed by atoms with Gasteiger partial charge in [0.15, 0.2) is 29.1 Å². The van der Waals surface area contributed by atoms with Gasteiger partial charge in [0.05, 0.1) is 11.4 Å². The predicted octanol–water partition coefficient (Wildman–Crippen LogP) is 14.2. The minimum atomic E-state index is 0.587. The summed E-state index contributed by atoms with van der Waals surface area (Å²) < 4.78 is 0. The van der Waals surface area contributed by atoms with E-state index in [1.807, 2.05) is 98.8 Å². The van der Waals surface area contributed by atoms with Crippen molar-refractivity contribution in [3.05, 3.63) is 224 Å². The summed E-state index contributed by atoms with van der Waals surface area (Å²) in [4.78, 5) is 35.4. The molecule has 0 saturated heterocycles. The Morgan fingerprint density at radius 2 is 0.682 bits per heavy atom. The van der Waals surface area contributed by atoms with Crippen LogP contribution in [0.4, 0.5) is 0 Å². The molecule has 11 aromatic rings. The van der Waals surface area contributed by atoms with Crippen molar-refractivity contribution in [2.45, 2.75) is 13.8 Å². The average Bonchev–Trinajstić information content (AvgIpc) is 3.38. The van der Waals surface area contributed by atoms with Crippen LogP contribution in [0.1, 0.15) is 11.4 Å². The summed E-state index contributed by atoms with van der Waals surface area (Å²) >= 11 is 0. The highest BCUT2D eigenvalue weighted by molar-refractivity contribution is 5.90. The molecule has 0 bridgehead atoms. The van der Waals surface area contributed by atoms with Crippen molar-refractivity contribution in [3.8, 4) is 102 Å². The van der Waals surface area contributed by atoms with Gasteiger partial charge >= 0.3 is 0 Å². The second-order valence-electron chi connectivity index (χ2n) is 16.3.